The number of aromatic nitrogens is 1. The minimum absolute atomic E-state index is 0.254. The van der Waals surface area contributed by atoms with E-state index in [2.05, 4.69) is 9.88 Å². The fraction of sp³-hybridized carbons (Fsp3) is 0.389. The molecule has 1 fully saturated rings. The van der Waals surface area contributed by atoms with Gasteiger partial charge in [0.2, 0.25) is 0 Å². The highest BCUT2D eigenvalue weighted by Crippen LogP contribution is 2.24. The summed E-state index contributed by atoms with van der Waals surface area (Å²) >= 11 is 0. The van der Waals surface area contributed by atoms with Gasteiger partial charge in [-0.15, -0.1) is 0 Å². The molecule has 1 aliphatic heterocycles. The normalized spacial score (nSPS) is 17.2. The van der Waals surface area contributed by atoms with Gasteiger partial charge in [0.15, 0.2) is 9.84 Å². The lowest BCUT2D eigenvalue weighted by molar-refractivity contribution is 0.232. The number of hydrogen-bond donors (Lipinski definition) is 0. The molecule has 2 heterocycles. The predicted molar refractivity (Wildman–Crippen MR) is 91.0 cm³/mol. The molecular formula is C18H22N2O2S. The van der Waals surface area contributed by atoms with Crippen molar-refractivity contribution in [1.29, 1.82) is 0 Å². The van der Waals surface area contributed by atoms with Gasteiger partial charge in [-0.2, -0.15) is 0 Å². The van der Waals surface area contributed by atoms with Gasteiger partial charge in [0.25, 0.3) is 0 Å². The molecular weight excluding hydrogens is 308 g/mol. The summed E-state index contributed by atoms with van der Waals surface area (Å²) in [6.07, 6.45) is 4.14. The van der Waals surface area contributed by atoms with Gasteiger partial charge >= 0.3 is 0 Å². The van der Waals surface area contributed by atoms with Crippen LogP contribution >= 0.6 is 0 Å². The minimum Gasteiger partial charge on any atom is -0.303 e. The lowest BCUT2D eigenvalue weighted by Gasteiger charge is -2.31. The summed E-state index contributed by atoms with van der Waals surface area (Å²) < 4.78 is 25.3. The van der Waals surface area contributed by atoms with Crippen molar-refractivity contribution >= 4 is 9.84 Å². The second-order valence-corrected chi connectivity index (χ2v) is 8.20. The molecule has 122 valence electrons. The van der Waals surface area contributed by atoms with Crippen molar-refractivity contribution in [1.82, 2.24) is 9.88 Å². The molecule has 0 N–H and O–H groups in total. The zero-order valence-electron chi connectivity index (χ0n) is 13.1. The standard InChI is InChI=1S/C18H22N2O2S/c21-23(22,17-7-2-1-3-8-17)18-10-14-20(15-11-18)13-9-16-6-4-5-12-19-16/h1-8,12,18H,9-11,13-15H2. The first-order valence-electron chi connectivity index (χ1n) is 8.07. The van der Waals surface area contributed by atoms with Crippen molar-refractivity contribution < 1.29 is 8.42 Å². The second-order valence-electron chi connectivity index (χ2n) is 5.97. The third kappa shape index (κ3) is 3.98. The lowest BCUT2D eigenvalue weighted by atomic mass is 10.1. The second kappa shape index (κ2) is 7.23. The van der Waals surface area contributed by atoms with Crippen molar-refractivity contribution in [3.63, 3.8) is 0 Å². The van der Waals surface area contributed by atoms with Crippen molar-refractivity contribution in [2.45, 2.75) is 29.4 Å². The minimum atomic E-state index is -3.19. The van der Waals surface area contributed by atoms with Gasteiger partial charge < -0.3 is 4.90 Å². The maximum absolute atomic E-state index is 12.6. The molecule has 0 atom stereocenters. The van der Waals surface area contributed by atoms with Crippen LogP contribution in [0.1, 0.15) is 18.5 Å². The van der Waals surface area contributed by atoms with E-state index < -0.39 is 9.84 Å². The highest BCUT2D eigenvalue weighted by Gasteiger charge is 2.30. The molecule has 0 unspecified atom stereocenters. The Morgan fingerprint density at radius 3 is 2.35 bits per heavy atom. The highest BCUT2D eigenvalue weighted by atomic mass is 32.2. The average Bonchev–Trinajstić information content (AvgIpc) is 2.62. The molecule has 3 rings (SSSR count). The van der Waals surface area contributed by atoms with Crippen LogP contribution in [0, 0.1) is 0 Å². The molecule has 0 bridgehead atoms. The molecule has 0 saturated carbocycles. The van der Waals surface area contributed by atoms with Gasteiger partial charge in [-0.25, -0.2) is 8.42 Å². The Kier molecular flexibility index (Phi) is 5.08. The number of likely N-dealkylation sites (tertiary alicyclic amines) is 1. The van der Waals surface area contributed by atoms with E-state index in [1.807, 2.05) is 30.5 Å². The summed E-state index contributed by atoms with van der Waals surface area (Å²) in [7, 11) is -3.19. The largest absolute Gasteiger partial charge is 0.303 e. The number of pyridine rings is 1. The van der Waals surface area contributed by atoms with Crippen LogP contribution in [0.15, 0.2) is 59.6 Å². The Morgan fingerprint density at radius 2 is 1.70 bits per heavy atom. The van der Waals surface area contributed by atoms with Crippen molar-refractivity contribution in [2.24, 2.45) is 0 Å². The van der Waals surface area contributed by atoms with E-state index in [9.17, 15) is 8.42 Å². The van der Waals surface area contributed by atoms with Crippen molar-refractivity contribution in [3.8, 4) is 0 Å². The summed E-state index contributed by atoms with van der Waals surface area (Å²) in [5, 5.41) is -0.254. The molecule has 0 radical (unpaired) electrons. The SMILES string of the molecule is O=S(=O)(c1ccccc1)C1CCN(CCc2ccccn2)CC1. The van der Waals surface area contributed by atoms with Crippen LogP contribution in [0.3, 0.4) is 0 Å². The fourth-order valence-electron chi connectivity index (χ4n) is 3.06. The quantitative estimate of drug-likeness (QED) is 0.845. The molecule has 5 heteroatoms. The van der Waals surface area contributed by atoms with Crippen molar-refractivity contribution in [3.05, 3.63) is 60.4 Å². The molecule has 1 aromatic heterocycles. The van der Waals surface area contributed by atoms with Gasteiger partial charge in [0.1, 0.15) is 0 Å². The van der Waals surface area contributed by atoms with Crippen LogP contribution in [0.25, 0.3) is 0 Å². The Bertz CT molecular complexity index is 709. The Labute approximate surface area is 138 Å². The molecule has 4 nitrogen and oxygen atoms in total. The molecule has 1 aromatic carbocycles. The summed E-state index contributed by atoms with van der Waals surface area (Å²) in [4.78, 5) is 7.12. The first-order chi connectivity index (χ1) is 11.2. The maximum Gasteiger partial charge on any atom is 0.181 e. The highest BCUT2D eigenvalue weighted by molar-refractivity contribution is 7.92. The lowest BCUT2D eigenvalue weighted by Crippen LogP contribution is -2.40. The summed E-state index contributed by atoms with van der Waals surface area (Å²) in [5.74, 6) is 0. The van der Waals surface area contributed by atoms with Gasteiger partial charge in [-0.3, -0.25) is 4.98 Å². The smallest absolute Gasteiger partial charge is 0.181 e. The van der Waals surface area contributed by atoms with Crippen molar-refractivity contribution in [2.75, 3.05) is 19.6 Å². The summed E-state index contributed by atoms with van der Waals surface area (Å²) in [5.41, 5.74) is 1.09. The molecule has 2 aromatic rings. The molecule has 0 spiro atoms. The number of sulfone groups is 1. The number of rotatable bonds is 5. The molecule has 0 aliphatic carbocycles. The van der Waals surface area contributed by atoms with Crippen LogP contribution in [-0.4, -0.2) is 43.2 Å². The van der Waals surface area contributed by atoms with Crippen LogP contribution in [0.4, 0.5) is 0 Å². The average molecular weight is 330 g/mol. The van der Waals surface area contributed by atoms with Gasteiger partial charge in [0, 0.05) is 24.9 Å². The van der Waals surface area contributed by atoms with Crippen LogP contribution in [0.2, 0.25) is 0 Å². The summed E-state index contributed by atoms with van der Waals surface area (Å²) in [6, 6.07) is 14.8. The van der Waals surface area contributed by atoms with Crippen LogP contribution < -0.4 is 0 Å². The van der Waals surface area contributed by atoms with E-state index in [-0.39, 0.29) is 5.25 Å². The van der Waals surface area contributed by atoms with E-state index in [1.165, 1.54) is 0 Å². The topological polar surface area (TPSA) is 50.3 Å². The van der Waals surface area contributed by atoms with Crippen LogP contribution in [-0.2, 0) is 16.3 Å². The predicted octanol–water partition coefficient (Wildman–Crippen LogP) is 2.56. The molecule has 1 saturated heterocycles. The number of hydrogen-bond acceptors (Lipinski definition) is 4. The zero-order chi connectivity index (χ0) is 16.1. The van der Waals surface area contributed by atoms with Crippen LogP contribution in [0.5, 0.6) is 0 Å². The summed E-state index contributed by atoms with van der Waals surface area (Å²) in [6.45, 7) is 2.61. The van der Waals surface area contributed by atoms with Gasteiger partial charge in [-0.05, 0) is 50.2 Å². The Balaban J connectivity index is 1.54. The molecule has 1 aliphatic rings. The zero-order valence-corrected chi connectivity index (χ0v) is 14.0. The van der Waals surface area contributed by atoms with E-state index in [4.69, 9.17) is 0 Å². The Morgan fingerprint density at radius 1 is 1.00 bits per heavy atom. The Hall–Kier alpha value is -1.72. The maximum atomic E-state index is 12.6. The number of piperidine rings is 1. The molecule has 23 heavy (non-hydrogen) atoms. The first kappa shape index (κ1) is 16.1. The van der Waals surface area contributed by atoms with E-state index >= 15 is 0 Å². The number of nitrogens with zero attached hydrogens (tertiary/aromatic N) is 2. The van der Waals surface area contributed by atoms with Gasteiger partial charge in [0.05, 0.1) is 10.1 Å². The van der Waals surface area contributed by atoms with Gasteiger partial charge in [-0.1, -0.05) is 24.3 Å². The van der Waals surface area contributed by atoms with E-state index in [0.717, 1.165) is 31.7 Å². The van der Waals surface area contributed by atoms with E-state index in [0.29, 0.717) is 17.7 Å². The molecule has 0 amide bonds. The van der Waals surface area contributed by atoms with E-state index in [1.54, 1.807) is 24.3 Å². The third-order valence-electron chi connectivity index (χ3n) is 4.46. The first-order valence-corrected chi connectivity index (χ1v) is 9.62. The monoisotopic (exact) mass is 330 g/mol. The number of benzene rings is 1. The third-order valence-corrected chi connectivity index (χ3v) is 6.73. The fourth-order valence-corrected chi connectivity index (χ4v) is 4.82.